The number of rotatable bonds is 5. The number of hydrogen-bond donors (Lipinski definition) is 3. The van der Waals surface area contributed by atoms with Crippen LogP contribution in [0.25, 0.3) is 0 Å². The van der Waals surface area contributed by atoms with E-state index in [9.17, 15) is 27.6 Å². The number of carbonyl (C=O) groups excluding carboxylic acids is 1. The van der Waals surface area contributed by atoms with Crippen molar-refractivity contribution in [3.63, 3.8) is 0 Å². The van der Waals surface area contributed by atoms with Crippen molar-refractivity contribution in [1.29, 1.82) is 0 Å². The fraction of sp³-hybridized carbons (Fsp3) is 0.250. The first-order valence-corrected chi connectivity index (χ1v) is 5.54. The molecular formula is C12H10F3NO5. The van der Waals surface area contributed by atoms with Crippen LogP contribution in [-0.4, -0.2) is 34.1 Å². The van der Waals surface area contributed by atoms with Crippen LogP contribution in [0.5, 0.6) is 0 Å². The summed E-state index contributed by atoms with van der Waals surface area (Å²) in [7, 11) is 0. The van der Waals surface area contributed by atoms with Crippen LogP contribution in [0.1, 0.15) is 22.3 Å². The van der Waals surface area contributed by atoms with Gasteiger partial charge in [0.1, 0.15) is 6.04 Å². The quantitative estimate of drug-likeness (QED) is 0.762. The number of carboxylic acids is 2. The Hall–Kier alpha value is -2.58. The largest absolute Gasteiger partial charge is 0.481 e. The molecule has 0 aromatic heterocycles. The lowest BCUT2D eigenvalue weighted by Crippen LogP contribution is -2.42. The van der Waals surface area contributed by atoms with E-state index in [1.807, 2.05) is 5.32 Å². The zero-order valence-electron chi connectivity index (χ0n) is 10.3. The number of halogens is 3. The first-order chi connectivity index (χ1) is 9.61. The molecule has 9 heteroatoms. The van der Waals surface area contributed by atoms with Crippen LogP contribution in [0.15, 0.2) is 24.3 Å². The number of hydrogen-bond acceptors (Lipinski definition) is 3. The van der Waals surface area contributed by atoms with Gasteiger partial charge in [-0.05, 0) is 24.3 Å². The first-order valence-electron chi connectivity index (χ1n) is 5.54. The predicted molar refractivity (Wildman–Crippen MR) is 62.6 cm³/mol. The molecule has 1 unspecified atom stereocenters. The van der Waals surface area contributed by atoms with E-state index in [1.165, 1.54) is 0 Å². The summed E-state index contributed by atoms with van der Waals surface area (Å²) in [6.07, 6.45) is -5.40. The minimum absolute atomic E-state index is 0.209. The van der Waals surface area contributed by atoms with Crippen LogP contribution < -0.4 is 5.32 Å². The van der Waals surface area contributed by atoms with Crippen molar-refractivity contribution in [2.75, 3.05) is 0 Å². The molecule has 0 aliphatic carbocycles. The molecular weight excluding hydrogens is 295 g/mol. The first kappa shape index (κ1) is 16.5. The molecule has 0 spiro atoms. The highest BCUT2D eigenvalue weighted by molar-refractivity contribution is 5.97. The van der Waals surface area contributed by atoms with E-state index < -0.39 is 42.0 Å². The van der Waals surface area contributed by atoms with Crippen LogP contribution in [0.4, 0.5) is 13.2 Å². The van der Waals surface area contributed by atoms with Crippen LogP contribution in [0.2, 0.25) is 0 Å². The van der Waals surface area contributed by atoms with Crippen molar-refractivity contribution < 1.29 is 37.8 Å². The van der Waals surface area contributed by atoms with Gasteiger partial charge >= 0.3 is 18.1 Å². The molecule has 1 rings (SSSR count). The highest BCUT2D eigenvalue weighted by Crippen LogP contribution is 2.29. The molecule has 0 saturated carbocycles. The van der Waals surface area contributed by atoms with Crippen molar-refractivity contribution in [2.45, 2.75) is 18.6 Å². The molecule has 1 atom stereocenters. The van der Waals surface area contributed by atoms with Gasteiger partial charge in [-0.3, -0.25) is 9.59 Å². The Balaban J connectivity index is 2.83. The zero-order chi connectivity index (χ0) is 16.2. The van der Waals surface area contributed by atoms with Crippen molar-refractivity contribution in [3.8, 4) is 0 Å². The highest BCUT2D eigenvalue weighted by atomic mass is 19.4. The Labute approximate surface area is 116 Å². The van der Waals surface area contributed by atoms with Crippen LogP contribution >= 0.6 is 0 Å². The van der Waals surface area contributed by atoms with Gasteiger partial charge in [0.15, 0.2) is 0 Å². The van der Waals surface area contributed by atoms with Crippen molar-refractivity contribution in [3.05, 3.63) is 35.4 Å². The average Bonchev–Trinajstić information content (AvgIpc) is 2.36. The molecule has 0 radical (unpaired) electrons. The Kier molecular flexibility index (Phi) is 4.90. The maximum atomic E-state index is 12.3. The number of alkyl halides is 3. The fourth-order valence-electron chi connectivity index (χ4n) is 1.43. The summed E-state index contributed by atoms with van der Waals surface area (Å²) in [5.74, 6) is -3.97. The van der Waals surface area contributed by atoms with Gasteiger partial charge in [0.2, 0.25) is 0 Å². The van der Waals surface area contributed by atoms with Crippen LogP contribution in [-0.2, 0) is 15.8 Å². The third kappa shape index (κ3) is 4.79. The number of aliphatic carboxylic acids is 2. The average molecular weight is 305 g/mol. The molecule has 0 aliphatic heterocycles. The van der Waals surface area contributed by atoms with Gasteiger partial charge in [0.25, 0.3) is 5.91 Å². The van der Waals surface area contributed by atoms with Crippen LogP contribution in [0.3, 0.4) is 0 Å². The molecule has 6 nitrogen and oxygen atoms in total. The minimum Gasteiger partial charge on any atom is -0.481 e. The summed E-state index contributed by atoms with van der Waals surface area (Å²) in [5.41, 5.74) is -1.17. The Bertz CT molecular complexity index is 553. The zero-order valence-corrected chi connectivity index (χ0v) is 10.3. The van der Waals surface area contributed by atoms with Crippen molar-refractivity contribution in [1.82, 2.24) is 5.32 Å². The normalized spacial score (nSPS) is 12.5. The van der Waals surface area contributed by atoms with E-state index >= 15 is 0 Å². The second-order valence-corrected chi connectivity index (χ2v) is 4.04. The number of carbonyl (C=O) groups is 3. The second kappa shape index (κ2) is 6.25. The van der Waals surface area contributed by atoms with E-state index in [0.717, 1.165) is 12.1 Å². The summed E-state index contributed by atoms with van der Waals surface area (Å²) in [6.45, 7) is 0. The lowest BCUT2D eigenvalue weighted by molar-refractivity contribution is -0.145. The molecule has 0 bridgehead atoms. The molecule has 1 aromatic rings. The topological polar surface area (TPSA) is 104 Å². The smallest absolute Gasteiger partial charge is 0.416 e. The monoisotopic (exact) mass is 305 g/mol. The van der Waals surface area contributed by atoms with Gasteiger partial charge in [0, 0.05) is 5.56 Å². The number of carboxylic acid groups (broad SMARTS) is 2. The summed E-state index contributed by atoms with van der Waals surface area (Å²) in [5, 5.41) is 19.2. The molecule has 0 fully saturated rings. The Morgan fingerprint density at radius 1 is 1.10 bits per heavy atom. The van der Waals surface area contributed by atoms with E-state index in [-0.39, 0.29) is 5.56 Å². The number of benzene rings is 1. The maximum absolute atomic E-state index is 12.3. The number of nitrogens with one attached hydrogen (secondary N) is 1. The molecule has 0 aliphatic rings. The van der Waals surface area contributed by atoms with Gasteiger partial charge in [0.05, 0.1) is 12.0 Å². The van der Waals surface area contributed by atoms with Crippen LogP contribution in [0, 0.1) is 0 Å². The standard InChI is InChI=1S/C12H10F3NO5/c13-12(14,15)7-3-1-6(2-4-7)10(19)16-8(11(20)21)5-9(17)18/h1-4,8H,5H2,(H,16,19)(H,17,18)(H,20,21). The lowest BCUT2D eigenvalue weighted by Gasteiger charge is -2.13. The molecule has 0 saturated heterocycles. The van der Waals surface area contributed by atoms with Gasteiger partial charge in [-0.1, -0.05) is 0 Å². The Morgan fingerprint density at radius 2 is 1.62 bits per heavy atom. The summed E-state index contributed by atoms with van der Waals surface area (Å²) >= 11 is 0. The van der Waals surface area contributed by atoms with Crippen molar-refractivity contribution >= 4 is 17.8 Å². The molecule has 114 valence electrons. The summed E-state index contributed by atoms with van der Waals surface area (Å²) < 4.78 is 37.0. The third-order valence-electron chi connectivity index (χ3n) is 2.46. The highest BCUT2D eigenvalue weighted by Gasteiger charge is 2.30. The molecule has 1 aromatic carbocycles. The summed E-state index contributed by atoms with van der Waals surface area (Å²) in [4.78, 5) is 32.9. The van der Waals surface area contributed by atoms with Gasteiger partial charge < -0.3 is 15.5 Å². The van der Waals surface area contributed by atoms with E-state index in [2.05, 4.69) is 0 Å². The fourth-order valence-corrected chi connectivity index (χ4v) is 1.43. The lowest BCUT2D eigenvalue weighted by atomic mass is 10.1. The molecule has 0 heterocycles. The number of amides is 1. The van der Waals surface area contributed by atoms with E-state index in [1.54, 1.807) is 0 Å². The summed E-state index contributed by atoms with van der Waals surface area (Å²) in [6, 6.07) is 1.41. The molecule has 1 amide bonds. The minimum atomic E-state index is -4.55. The van der Waals surface area contributed by atoms with E-state index in [4.69, 9.17) is 10.2 Å². The third-order valence-corrected chi connectivity index (χ3v) is 2.46. The SMILES string of the molecule is O=C(O)CC(NC(=O)c1ccc(C(F)(F)F)cc1)C(=O)O. The van der Waals surface area contributed by atoms with Crippen molar-refractivity contribution in [2.24, 2.45) is 0 Å². The second-order valence-electron chi connectivity index (χ2n) is 4.04. The molecule has 3 N–H and O–H groups in total. The maximum Gasteiger partial charge on any atom is 0.416 e. The van der Waals surface area contributed by atoms with E-state index in [0.29, 0.717) is 12.1 Å². The van der Waals surface area contributed by atoms with Gasteiger partial charge in [-0.15, -0.1) is 0 Å². The molecule has 21 heavy (non-hydrogen) atoms. The Morgan fingerprint density at radius 3 is 2.00 bits per heavy atom. The van der Waals surface area contributed by atoms with Gasteiger partial charge in [-0.2, -0.15) is 13.2 Å². The van der Waals surface area contributed by atoms with Gasteiger partial charge in [-0.25, -0.2) is 4.79 Å². The predicted octanol–water partition coefficient (Wildman–Crippen LogP) is 1.36.